The van der Waals surface area contributed by atoms with Crippen molar-refractivity contribution in [1.82, 2.24) is 0 Å². The Hall–Kier alpha value is -1.40. The highest BCUT2D eigenvalue weighted by atomic mass is 79.9. The van der Waals surface area contributed by atoms with Gasteiger partial charge >= 0.3 is 0 Å². The number of carbonyl (C=O) groups excluding carboxylic acids is 1. The fraction of sp³-hybridized carbons (Fsp3) is 0.0714. The van der Waals surface area contributed by atoms with Gasteiger partial charge in [0.1, 0.15) is 11.6 Å². The zero-order valence-electron chi connectivity index (χ0n) is 10.2. The second kappa shape index (κ2) is 6.85. The molecule has 1 N–H and O–H groups in total. The van der Waals surface area contributed by atoms with Crippen LogP contribution >= 0.6 is 31.9 Å². The van der Waals surface area contributed by atoms with Gasteiger partial charge in [0, 0.05) is 4.47 Å². The summed E-state index contributed by atoms with van der Waals surface area (Å²) < 4.78 is 20.3. The van der Waals surface area contributed by atoms with Crippen LogP contribution in [0, 0.1) is 5.82 Å². The zero-order chi connectivity index (χ0) is 14.5. The van der Waals surface area contributed by atoms with Crippen molar-refractivity contribution in [3.63, 3.8) is 0 Å². The van der Waals surface area contributed by atoms with Gasteiger partial charge in [-0.2, -0.15) is 0 Å². The molecule has 6 heteroatoms. The molecule has 0 atom stereocenters. The van der Waals surface area contributed by atoms with Crippen LogP contribution < -0.4 is 10.1 Å². The molecule has 0 spiro atoms. The largest absolute Gasteiger partial charge is 0.483 e. The zero-order valence-corrected chi connectivity index (χ0v) is 13.4. The highest BCUT2D eigenvalue weighted by Crippen LogP contribution is 2.28. The van der Waals surface area contributed by atoms with Crippen molar-refractivity contribution in [3.05, 3.63) is 57.2 Å². The van der Waals surface area contributed by atoms with Gasteiger partial charge in [0.05, 0.1) is 10.2 Å². The lowest BCUT2D eigenvalue weighted by Crippen LogP contribution is -2.20. The first-order valence-electron chi connectivity index (χ1n) is 5.68. The lowest BCUT2D eigenvalue weighted by atomic mass is 10.3. The molecule has 3 nitrogen and oxygen atoms in total. The first kappa shape index (κ1) is 15.0. The molecule has 20 heavy (non-hydrogen) atoms. The first-order chi connectivity index (χ1) is 9.56. The molecule has 0 aliphatic rings. The Labute approximate surface area is 132 Å². The molecular weight excluding hydrogens is 393 g/mol. The third kappa shape index (κ3) is 4.05. The number of rotatable bonds is 4. The molecule has 0 aromatic heterocycles. The van der Waals surface area contributed by atoms with E-state index in [0.717, 1.165) is 8.95 Å². The molecule has 0 unspecified atom stereocenters. The van der Waals surface area contributed by atoms with Crippen LogP contribution in [0.3, 0.4) is 0 Å². The van der Waals surface area contributed by atoms with Crippen molar-refractivity contribution >= 4 is 43.5 Å². The molecule has 0 aliphatic heterocycles. The fourth-order valence-corrected chi connectivity index (χ4v) is 2.65. The number of carbonyl (C=O) groups is 1. The standard InChI is InChI=1S/C14H10Br2FNO2/c15-9-5-6-13(10(16)7-9)20-8-14(19)18-12-4-2-1-3-11(12)17/h1-7H,8H2,(H,18,19). The predicted molar refractivity (Wildman–Crippen MR) is 82.4 cm³/mol. The number of hydrogen-bond acceptors (Lipinski definition) is 2. The molecular formula is C14H10Br2FNO2. The molecule has 1 amide bonds. The Kier molecular flexibility index (Phi) is 5.14. The van der Waals surface area contributed by atoms with E-state index in [9.17, 15) is 9.18 Å². The normalized spacial score (nSPS) is 10.2. The molecule has 2 rings (SSSR count). The van der Waals surface area contributed by atoms with Gasteiger partial charge in [0.25, 0.3) is 5.91 Å². The topological polar surface area (TPSA) is 38.3 Å². The van der Waals surface area contributed by atoms with Crippen molar-refractivity contribution in [1.29, 1.82) is 0 Å². The van der Waals surface area contributed by atoms with Gasteiger partial charge in [-0.3, -0.25) is 4.79 Å². The van der Waals surface area contributed by atoms with Gasteiger partial charge < -0.3 is 10.1 Å². The Balaban J connectivity index is 1.94. The summed E-state index contributed by atoms with van der Waals surface area (Å²) in [6, 6.07) is 11.3. The van der Waals surface area contributed by atoms with E-state index in [1.165, 1.54) is 12.1 Å². The third-order valence-corrected chi connectivity index (χ3v) is 3.51. The lowest BCUT2D eigenvalue weighted by Gasteiger charge is -2.09. The van der Waals surface area contributed by atoms with Crippen LogP contribution in [0.5, 0.6) is 5.75 Å². The third-order valence-electron chi connectivity index (χ3n) is 2.40. The Morgan fingerprint density at radius 1 is 1.20 bits per heavy atom. The van der Waals surface area contributed by atoms with E-state index in [0.29, 0.717) is 5.75 Å². The van der Waals surface area contributed by atoms with Crippen molar-refractivity contribution in [2.45, 2.75) is 0 Å². The molecule has 0 fully saturated rings. The number of benzene rings is 2. The van der Waals surface area contributed by atoms with Crippen LogP contribution in [0.2, 0.25) is 0 Å². The van der Waals surface area contributed by atoms with Crippen molar-refractivity contribution in [2.24, 2.45) is 0 Å². The maximum absolute atomic E-state index is 13.4. The maximum atomic E-state index is 13.4. The minimum atomic E-state index is -0.481. The number of amides is 1. The fourth-order valence-electron chi connectivity index (χ4n) is 1.48. The minimum absolute atomic E-state index is 0.135. The SMILES string of the molecule is O=C(COc1ccc(Br)cc1Br)Nc1ccccc1F. The highest BCUT2D eigenvalue weighted by molar-refractivity contribution is 9.11. The number of halogens is 3. The van der Waals surface area contributed by atoms with Crippen LogP contribution in [0.4, 0.5) is 10.1 Å². The summed E-state index contributed by atoms with van der Waals surface area (Å²) in [5.41, 5.74) is 0.135. The molecule has 0 heterocycles. The van der Waals surface area contributed by atoms with E-state index in [1.54, 1.807) is 24.3 Å². The summed E-state index contributed by atoms with van der Waals surface area (Å²) >= 11 is 6.65. The highest BCUT2D eigenvalue weighted by Gasteiger charge is 2.08. The van der Waals surface area contributed by atoms with Crippen LogP contribution in [0.15, 0.2) is 51.4 Å². The molecule has 0 bridgehead atoms. The number of nitrogens with one attached hydrogen (secondary N) is 1. The number of ether oxygens (including phenoxy) is 1. The lowest BCUT2D eigenvalue weighted by molar-refractivity contribution is -0.118. The van der Waals surface area contributed by atoms with E-state index < -0.39 is 11.7 Å². The number of anilines is 1. The average molecular weight is 403 g/mol. The molecule has 2 aromatic rings. The van der Waals surface area contributed by atoms with Gasteiger partial charge in [0.15, 0.2) is 6.61 Å². The van der Waals surface area contributed by atoms with Gasteiger partial charge in [-0.1, -0.05) is 28.1 Å². The van der Waals surface area contributed by atoms with Gasteiger partial charge in [-0.25, -0.2) is 4.39 Å². The van der Waals surface area contributed by atoms with E-state index in [1.807, 2.05) is 6.07 Å². The summed E-state index contributed by atoms with van der Waals surface area (Å²) in [5.74, 6) is -0.368. The number of hydrogen-bond donors (Lipinski definition) is 1. The molecule has 0 radical (unpaired) electrons. The number of para-hydroxylation sites is 1. The molecule has 104 valence electrons. The summed E-state index contributed by atoms with van der Waals surface area (Å²) in [6.07, 6.45) is 0. The summed E-state index contributed by atoms with van der Waals surface area (Å²) in [7, 11) is 0. The molecule has 0 aliphatic carbocycles. The second-order valence-corrected chi connectivity index (χ2v) is 5.66. The first-order valence-corrected chi connectivity index (χ1v) is 7.27. The smallest absolute Gasteiger partial charge is 0.262 e. The van der Waals surface area contributed by atoms with E-state index >= 15 is 0 Å². The van der Waals surface area contributed by atoms with Gasteiger partial charge in [-0.05, 0) is 46.3 Å². The Morgan fingerprint density at radius 3 is 2.65 bits per heavy atom. The van der Waals surface area contributed by atoms with Crippen LogP contribution in [-0.2, 0) is 4.79 Å². The summed E-state index contributed by atoms with van der Waals surface area (Å²) in [4.78, 5) is 11.7. The summed E-state index contributed by atoms with van der Waals surface area (Å²) in [5, 5.41) is 2.45. The van der Waals surface area contributed by atoms with Crippen molar-refractivity contribution in [3.8, 4) is 5.75 Å². The Bertz CT molecular complexity index is 634. The monoisotopic (exact) mass is 401 g/mol. The predicted octanol–water partition coefficient (Wildman–Crippen LogP) is 4.37. The van der Waals surface area contributed by atoms with E-state index in [-0.39, 0.29) is 12.3 Å². The van der Waals surface area contributed by atoms with Gasteiger partial charge in [-0.15, -0.1) is 0 Å². The molecule has 0 saturated carbocycles. The minimum Gasteiger partial charge on any atom is -0.483 e. The quantitative estimate of drug-likeness (QED) is 0.824. The van der Waals surface area contributed by atoms with Crippen LogP contribution in [0.25, 0.3) is 0 Å². The van der Waals surface area contributed by atoms with Crippen molar-refractivity contribution in [2.75, 3.05) is 11.9 Å². The molecule has 0 saturated heterocycles. The second-order valence-electron chi connectivity index (χ2n) is 3.89. The summed E-state index contributed by atoms with van der Waals surface area (Å²) in [6.45, 7) is -0.200. The Morgan fingerprint density at radius 2 is 1.95 bits per heavy atom. The maximum Gasteiger partial charge on any atom is 0.262 e. The van der Waals surface area contributed by atoms with Gasteiger partial charge in [0.2, 0.25) is 0 Å². The average Bonchev–Trinajstić information content (AvgIpc) is 2.40. The van der Waals surface area contributed by atoms with Crippen molar-refractivity contribution < 1.29 is 13.9 Å². The molecule has 2 aromatic carbocycles. The van der Waals surface area contributed by atoms with E-state index in [2.05, 4.69) is 37.2 Å². The van der Waals surface area contributed by atoms with E-state index in [4.69, 9.17) is 4.74 Å². The van der Waals surface area contributed by atoms with Crippen LogP contribution in [0.1, 0.15) is 0 Å². The van der Waals surface area contributed by atoms with Crippen LogP contribution in [-0.4, -0.2) is 12.5 Å².